The number of terminal acetylenes is 2. The molecule has 0 amide bonds. The van der Waals surface area contributed by atoms with Crippen molar-refractivity contribution in [3.63, 3.8) is 0 Å². The van der Waals surface area contributed by atoms with Gasteiger partial charge >= 0.3 is 0 Å². The Kier molecular flexibility index (Phi) is 8.42. The number of hydrogen-bond donors (Lipinski definition) is 2. The molecule has 0 aromatic rings. The number of aliphatic hydroxyl groups is 2. The second kappa shape index (κ2) is 11.9. The highest BCUT2D eigenvalue weighted by Crippen LogP contribution is 2.68. The molecule has 6 saturated carbocycles. The molecular formula is C44H58O3. The van der Waals surface area contributed by atoms with Gasteiger partial charge in [0.2, 0.25) is 0 Å². The first-order chi connectivity index (χ1) is 22.5. The maximum atomic E-state index is 11.8. The van der Waals surface area contributed by atoms with Crippen molar-refractivity contribution < 1.29 is 15.0 Å². The number of allylic oxidation sites excluding steroid dienone is 5. The van der Waals surface area contributed by atoms with E-state index in [4.69, 9.17) is 12.8 Å². The van der Waals surface area contributed by atoms with Crippen LogP contribution in [0.3, 0.4) is 0 Å². The Morgan fingerprint density at radius 2 is 1.28 bits per heavy atom. The standard InChI is InChI=1S/C22H28O2.C22H30O/c1-4-21-13-14(3)20-17-9-7-16(23)12-15(17)6-8-18(20)19(21)10-11-22(21,24)5-2;1-4-21-14-15(3)20-17-9-7-6-8-16(17)10-11-18(20)19(21)12-13-22(21,23)5-2/h2,12,17-20,24H,3-4,6-11,13H2,1H3;2,8,17-20,23H,3-4,6-7,9-14H2,1H3/t2*17-,18-,19-,20+,21-,22-/m00/s1. The Morgan fingerprint density at radius 3 is 1.79 bits per heavy atom. The van der Waals surface area contributed by atoms with E-state index in [0.29, 0.717) is 53.6 Å². The largest absolute Gasteiger partial charge is 0.377 e. The molecule has 8 aliphatic rings. The minimum absolute atomic E-state index is 0.115. The van der Waals surface area contributed by atoms with Crippen molar-refractivity contribution in [2.75, 3.05) is 0 Å². The fourth-order valence-electron chi connectivity index (χ4n) is 13.9. The number of carbonyl (C=O) groups is 1. The van der Waals surface area contributed by atoms with Crippen LogP contribution in [0.5, 0.6) is 0 Å². The molecule has 8 rings (SSSR count). The van der Waals surface area contributed by atoms with Crippen molar-refractivity contribution in [1.29, 1.82) is 0 Å². The Hall–Kier alpha value is -2.33. The fraction of sp³-hybridized carbons (Fsp3) is 0.705. The van der Waals surface area contributed by atoms with Crippen LogP contribution in [-0.2, 0) is 4.79 Å². The Balaban J connectivity index is 0.000000150. The van der Waals surface area contributed by atoms with Crippen LogP contribution >= 0.6 is 0 Å². The van der Waals surface area contributed by atoms with Crippen LogP contribution in [0, 0.1) is 82.9 Å². The first kappa shape index (κ1) is 33.2. The highest BCUT2D eigenvalue weighted by Gasteiger charge is 2.65. The van der Waals surface area contributed by atoms with E-state index in [2.05, 4.69) is 44.9 Å². The van der Waals surface area contributed by atoms with E-state index in [1.165, 1.54) is 48.8 Å². The third-order valence-corrected chi connectivity index (χ3v) is 16.0. The predicted octanol–water partition coefficient (Wildman–Crippen LogP) is 8.92. The first-order valence-electron chi connectivity index (χ1n) is 19.2. The third kappa shape index (κ3) is 4.65. The summed E-state index contributed by atoms with van der Waals surface area (Å²) in [5, 5.41) is 22.4. The van der Waals surface area contributed by atoms with Gasteiger partial charge in [-0.25, -0.2) is 0 Å². The van der Waals surface area contributed by atoms with E-state index in [0.717, 1.165) is 76.5 Å². The lowest BCUT2D eigenvalue weighted by Gasteiger charge is -2.56. The highest BCUT2D eigenvalue weighted by molar-refractivity contribution is 5.91. The molecule has 0 heterocycles. The third-order valence-electron chi connectivity index (χ3n) is 16.0. The van der Waals surface area contributed by atoms with Crippen LogP contribution in [-0.4, -0.2) is 27.2 Å². The van der Waals surface area contributed by atoms with Crippen LogP contribution in [0.15, 0.2) is 47.6 Å². The quantitative estimate of drug-likeness (QED) is 0.236. The zero-order valence-electron chi connectivity index (χ0n) is 29.2. The molecule has 3 nitrogen and oxygen atoms in total. The monoisotopic (exact) mass is 634 g/mol. The molecule has 0 aromatic carbocycles. The summed E-state index contributed by atoms with van der Waals surface area (Å²) in [6, 6.07) is 0. The van der Waals surface area contributed by atoms with E-state index in [9.17, 15) is 15.0 Å². The van der Waals surface area contributed by atoms with E-state index in [1.54, 1.807) is 5.57 Å². The molecule has 8 aliphatic carbocycles. The topological polar surface area (TPSA) is 57.5 Å². The summed E-state index contributed by atoms with van der Waals surface area (Å²) in [4.78, 5) is 11.8. The Labute approximate surface area is 284 Å². The van der Waals surface area contributed by atoms with Crippen molar-refractivity contribution in [3.8, 4) is 24.7 Å². The van der Waals surface area contributed by atoms with Gasteiger partial charge in [-0.05, 0) is 156 Å². The lowest BCUT2D eigenvalue weighted by Crippen LogP contribution is -2.54. The predicted molar refractivity (Wildman–Crippen MR) is 190 cm³/mol. The number of hydrogen-bond acceptors (Lipinski definition) is 3. The van der Waals surface area contributed by atoms with Crippen molar-refractivity contribution in [3.05, 3.63) is 47.6 Å². The van der Waals surface area contributed by atoms with Crippen molar-refractivity contribution in [2.24, 2.45) is 58.2 Å². The van der Waals surface area contributed by atoms with Crippen molar-refractivity contribution >= 4 is 5.78 Å². The van der Waals surface area contributed by atoms with E-state index >= 15 is 0 Å². The molecule has 0 saturated heterocycles. The maximum absolute atomic E-state index is 11.8. The number of ketones is 1. The lowest BCUT2D eigenvalue weighted by molar-refractivity contribution is -0.116. The molecule has 6 fully saturated rings. The summed E-state index contributed by atoms with van der Waals surface area (Å²) in [7, 11) is 0. The molecule has 47 heavy (non-hydrogen) atoms. The molecular weight excluding hydrogens is 576 g/mol. The molecule has 12 atom stereocenters. The van der Waals surface area contributed by atoms with Crippen molar-refractivity contribution in [2.45, 2.75) is 134 Å². The summed E-state index contributed by atoms with van der Waals surface area (Å²) >= 11 is 0. The molecule has 2 N–H and O–H groups in total. The number of fused-ring (bicyclic) bond motifs is 10. The zero-order valence-corrected chi connectivity index (χ0v) is 29.2. The normalized spacial score (nSPS) is 48.0. The lowest BCUT2D eigenvalue weighted by atomic mass is 9.48. The van der Waals surface area contributed by atoms with Gasteiger partial charge in [0.25, 0.3) is 0 Å². The van der Waals surface area contributed by atoms with Crippen LogP contribution in [0.2, 0.25) is 0 Å². The van der Waals surface area contributed by atoms with Gasteiger partial charge in [-0.2, -0.15) is 0 Å². The van der Waals surface area contributed by atoms with E-state index in [-0.39, 0.29) is 10.8 Å². The second-order valence-electron chi connectivity index (χ2n) is 17.1. The van der Waals surface area contributed by atoms with Crippen LogP contribution < -0.4 is 0 Å². The van der Waals surface area contributed by atoms with Crippen molar-refractivity contribution in [1.82, 2.24) is 0 Å². The van der Waals surface area contributed by atoms with Gasteiger partial charge in [-0.1, -0.05) is 67.2 Å². The van der Waals surface area contributed by atoms with E-state index < -0.39 is 11.2 Å². The smallest absolute Gasteiger partial charge is 0.155 e. The van der Waals surface area contributed by atoms with Gasteiger partial charge < -0.3 is 10.2 Å². The van der Waals surface area contributed by atoms with Gasteiger partial charge in [0, 0.05) is 17.3 Å². The first-order valence-corrected chi connectivity index (χ1v) is 19.2. The average molecular weight is 635 g/mol. The van der Waals surface area contributed by atoms with Gasteiger partial charge in [-0.3, -0.25) is 4.79 Å². The van der Waals surface area contributed by atoms with Crippen LogP contribution in [0.25, 0.3) is 0 Å². The molecule has 3 heteroatoms. The Morgan fingerprint density at radius 1 is 0.766 bits per heavy atom. The molecule has 252 valence electrons. The fourth-order valence-corrected chi connectivity index (χ4v) is 13.9. The molecule has 0 spiro atoms. The SMILES string of the molecule is C#C[C@]1(O)CC[C@H]2[C@@H]3CCC4=CC(=O)CC[C@@H]4[C@H]3C(=C)C[C@@]21CC.C#C[C@]1(O)CC[C@H]2[C@@H]3CCC4=CCCC[C@@H]4[C@H]3C(=C)C[C@@]21CC. The minimum atomic E-state index is -0.973. The number of rotatable bonds is 2. The highest BCUT2D eigenvalue weighted by atomic mass is 16.3. The molecule has 0 radical (unpaired) electrons. The number of carbonyl (C=O) groups excluding carboxylic acids is 1. The maximum Gasteiger partial charge on any atom is 0.155 e. The summed E-state index contributed by atoms with van der Waals surface area (Å²) in [5.41, 5.74) is 3.55. The summed E-state index contributed by atoms with van der Waals surface area (Å²) < 4.78 is 0. The van der Waals surface area contributed by atoms with Gasteiger partial charge in [0.15, 0.2) is 5.78 Å². The molecule has 0 aliphatic heterocycles. The summed E-state index contributed by atoms with van der Waals surface area (Å²) in [6.45, 7) is 13.4. The van der Waals surface area contributed by atoms with E-state index in [1.807, 2.05) is 6.08 Å². The summed E-state index contributed by atoms with van der Waals surface area (Å²) in [6.07, 6.45) is 33.7. The second-order valence-corrected chi connectivity index (χ2v) is 17.1. The van der Waals surface area contributed by atoms with Gasteiger partial charge in [0.05, 0.1) is 0 Å². The minimum Gasteiger partial charge on any atom is -0.377 e. The Bertz CT molecular complexity index is 1480. The van der Waals surface area contributed by atoms with Gasteiger partial charge in [0.1, 0.15) is 11.2 Å². The molecule has 0 bridgehead atoms. The summed E-state index contributed by atoms with van der Waals surface area (Å²) in [5.74, 6) is 10.6. The average Bonchev–Trinajstić information content (AvgIpc) is 3.56. The van der Waals surface area contributed by atoms with Crippen LogP contribution in [0.1, 0.15) is 123 Å². The van der Waals surface area contributed by atoms with Gasteiger partial charge in [-0.15, -0.1) is 12.8 Å². The van der Waals surface area contributed by atoms with Crippen LogP contribution in [0.4, 0.5) is 0 Å². The molecule has 0 unspecified atom stereocenters. The molecule has 0 aromatic heterocycles. The zero-order chi connectivity index (χ0) is 33.4.